The van der Waals surface area contributed by atoms with Crippen molar-refractivity contribution in [2.24, 2.45) is 0 Å². The first-order chi connectivity index (χ1) is 25.6. The molecule has 9 aromatic rings. The van der Waals surface area contributed by atoms with Gasteiger partial charge in [-0.15, -0.1) is 69.1 Å². The molecule has 9 rings (SSSR count). The molecular weight excluding hydrogens is 779 g/mol. The first-order valence-corrected chi connectivity index (χ1v) is 28.2. The van der Waals surface area contributed by atoms with E-state index in [1.807, 2.05) is 30.3 Å². The van der Waals surface area contributed by atoms with Crippen LogP contribution in [0.1, 0.15) is 27.8 Å². The molecule has 2 radical (unpaired) electrons. The fourth-order valence-corrected chi connectivity index (χ4v) is 7.09. The Bertz CT molecular complexity index is 2490. The molecule has 53 heavy (non-hydrogen) atoms. The van der Waals surface area contributed by atoms with E-state index in [0.717, 1.165) is 5.56 Å². The Morgan fingerprint density at radius 1 is 0.453 bits per heavy atom. The van der Waals surface area contributed by atoms with Crippen molar-refractivity contribution in [3.05, 3.63) is 199 Å². The molecular formula is C49H41Cl2SiZr-3. The van der Waals surface area contributed by atoms with Crippen LogP contribution in [0, 0.1) is 34.6 Å². The summed E-state index contributed by atoms with van der Waals surface area (Å²) in [5, 5.41) is 10.6. The van der Waals surface area contributed by atoms with Crippen LogP contribution in [0.4, 0.5) is 0 Å². The van der Waals surface area contributed by atoms with E-state index >= 15 is 0 Å². The third kappa shape index (κ3) is 9.69. The molecule has 0 heterocycles. The first kappa shape index (κ1) is 38.6. The first-order valence-electron chi connectivity index (χ1n) is 17.7. The standard InChI is InChI=1S/2C21H17.C7H7.2ClH.Si.Zr/c2*1-14-10-17-11-15(2)13-21(20(17)12-14)19-9-5-7-16-6-3-4-8-18(16)19;1-7-5-3-2-4-6-7;;;;/h2*3-13H,1-2H3;2-6H,1H2;2*1H;;/q3*-1;;;;+2/p-2. The maximum absolute atomic E-state index is 5.15. The molecule has 262 valence electrons. The Balaban J connectivity index is 0.000000142. The number of rotatable bonds is 2. The number of halogens is 2. The van der Waals surface area contributed by atoms with Crippen LogP contribution in [0.3, 0.4) is 0 Å². The van der Waals surface area contributed by atoms with Gasteiger partial charge in [0.2, 0.25) is 0 Å². The van der Waals surface area contributed by atoms with Crippen LogP contribution in [0.15, 0.2) is 164 Å². The molecule has 0 unspecified atom stereocenters. The molecule has 0 aliphatic carbocycles. The van der Waals surface area contributed by atoms with Crippen molar-refractivity contribution in [1.82, 2.24) is 0 Å². The molecule has 0 aliphatic heterocycles. The van der Waals surface area contributed by atoms with Crippen molar-refractivity contribution in [2.75, 3.05) is 0 Å². The number of fused-ring (bicyclic) bond motifs is 4. The molecule has 0 atom stereocenters. The van der Waals surface area contributed by atoms with Gasteiger partial charge in [-0.2, -0.15) is 36.8 Å². The fourth-order valence-electron chi connectivity index (χ4n) is 7.09. The molecule has 0 saturated heterocycles. The molecule has 0 spiro atoms. The van der Waals surface area contributed by atoms with Gasteiger partial charge >= 0.3 is 41.9 Å². The van der Waals surface area contributed by atoms with Crippen molar-refractivity contribution in [3.63, 3.8) is 0 Å². The van der Waals surface area contributed by atoms with Gasteiger partial charge in [-0.05, 0) is 46.5 Å². The number of benzene rings is 7. The summed E-state index contributed by atoms with van der Waals surface area (Å²) in [4.78, 5) is 0. The van der Waals surface area contributed by atoms with E-state index in [9.17, 15) is 0 Å². The molecule has 0 aliphatic rings. The second-order valence-electron chi connectivity index (χ2n) is 13.5. The van der Waals surface area contributed by atoms with Crippen LogP contribution >= 0.6 is 17.0 Å². The quantitative estimate of drug-likeness (QED) is 0.120. The van der Waals surface area contributed by atoms with E-state index in [1.165, 1.54) is 87.6 Å². The third-order valence-electron chi connectivity index (χ3n) is 9.23. The van der Waals surface area contributed by atoms with Crippen LogP contribution in [0.25, 0.3) is 65.3 Å². The predicted octanol–water partition coefficient (Wildman–Crippen LogP) is 14.9. The summed E-state index contributed by atoms with van der Waals surface area (Å²) in [6, 6.07) is 58.6. The second-order valence-corrected chi connectivity index (χ2v) is 27.1. The predicted molar refractivity (Wildman–Crippen MR) is 232 cm³/mol. The van der Waals surface area contributed by atoms with Crippen LogP contribution in [-0.4, -0.2) is 6.88 Å². The summed E-state index contributed by atoms with van der Waals surface area (Å²) >= 11 is -1.79. The molecule has 0 N–H and O–H groups in total. The molecule has 0 fully saturated rings. The van der Waals surface area contributed by atoms with Crippen molar-refractivity contribution < 1.29 is 18.0 Å². The van der Waals surface area contributed by atoms with E-state index < -0.39 is 18.0 Å². The Morgan fingerprint density at radius 2 is 0.830 bits per heavy atom. The second kappa shape index (κ2) is 17.8. The van der Waals surface area contributed by atoms with Gasteiger partial charge < -0.3 is 0 Å². The average Bonchev–Trinajstić information content (AvgIpc) is 3.71. The molecule has 0 amide bonds. The van der Waals surface area contributed by atoms with Gasteiger partial charge in [0.1, 0.15) is 0 Å². The summed E-state index contributed by atoms with van der Waals surface area (Å²) in [7, 11) is 10.3. The Morgan fingerprint density at radius 3 is 1.23 bits per heavy atom. The van der Waals surface area contributed by atoms with E-state index in [-0.39, 0.29) is 0 Å². The minimum atomic E-state index is -1.79. The van der Waals surface area contributed by atoms with E-state index in [0.29, 0.717) is 0 Å². The van der Waals surface area contributed by atoms with Crippen molar-refractivity contribution >= 4 is 67.0 Å². The Hall–Kier alpha value is -4.17. The van der Waals surface area contributed by atoms with Gasteiger partial charge in [-0.3, -0.25) is 0 Å². The summed E-state index contributed by atoms with van der Waals surface area (Å²) in [6.45, 7) is 15.5. The molecule has 9 aromatic carbocycles. The Labute approximate surface area is 330 Å². The van der Waals surface area contributed by atoms with Gasteiger partial charge in [0, 0.05) is 0 Å². The van der Waals surface area contributed by atoms with E-state index in [2.05, 4.69) is 175 Å². The molecule has 0 nitrogen and oxygen atoms in total. The van der Waals surface area contributed by atoms with Gasteiger partial charge in [-0.1, -0.05) is 139 Å². The SMILES string of the molecule is Cc1cc(-c2cccc3ccccc23)c2cc(C)[cH-]c2c1.Cc1cc(-c2cccc3ccccc23)c2cc(C)[cH-]c2c1.[CH2-]c1ccccc1.[Si]=[Zr]([Cl])[Cl]. The van der Waals surface area contributed by atoms with Gasteiger partial charge in [0.25, 0.3) is 0 Å². The zero-order valence-corrected chi connectivity index (χ0v) is 35.5. The average molecular weight is 820 g/mol. The van der Waals surface area contributed by atoms with Gasteiger partial charge in [-0.25, -0.2) is 0 Å². The Kier molecular flexibility index (Phi) is 12.9. The van der Waals surface area contributed by atoms with Crippen molar-refractivity contribution in [1.29, 1.82) is 0 Å². The molecule has 0 saturated carbocycles. The summed E-state index contributed by atoms with van der Waals surface area (Å²) in [6.07, 6.45) is 0. The fraction of sp³-hybridized carbons (Fsp3) is 0.0816. The van der Waals surface area contributed by atoms with Crippen molar-refractivity contribution in [3.8, 4) is 22.3 Å². The third-order valence-corrected chi connectivity index (χ3v) is 9.23. The van der Waals surface area contributed by atoms with Crippen LogP contribution in [0.2, 0.25) is 0 Å². The van der Waals surface area contributed by atoms with E-state index in [1.54, 1.807) is 0 Å². The molecule has 0 bridgehead atoms. The maximum atomic E-state index is 5.15. The summed E-state index contributed by atoms with van der Waals surface area (Å²) in [5.74, 6) is 0. The number of hydrogen-bond acceptors (Lipinski definition) is 0. The van der Waals surface area contributed by atoms with Crippen LogP contribution in [0.5, 0.6) is 0 Å². The zero-order valence-electron chi connectivity index (χ0n) is 30.6. The normalized spacial score (nSPS) is 10.6. The minimum absolute atomic E-state index is 1.07. The summed E-state index contributed by atoms with van der Waals surface area (Å²) in [5.41, 5.74) is 11.7. The molecule has 4 heteroatoms. The van der Waals surface area contributed by atoms with Crippen LogP contribution < -0.4 is 0 Å². The monoisotopic (exact) mass is 817 g/mol. The topological polar surface area (TPSA) is 0 Å². The number of hydrogen-bond donors (Lipinski definition) is 0. The zero-order chi connectivity index (χ0) is 37.5. The van der Waals surface area contributed by atoms with Gasteiger partial charge in [0.15, 0.2) is 0 Å². The van der Waals surface area contributed by atoms with E-state index in [4.69, 9.17) is 17.0 Å². The summed E-state index contributed by atoms with van der Waals surface area (Å²) < 4.78 is 0. The van der Waals surface area contributed by atoms with Gasteiger partial charge in [0.05, 0.1) is 0 Å². The van der Waals surface area contributed by atoms with Crippen molar-refractivity contribution in [2.45, 2.75) is 27.7 Å². The molecule has 0 aromatic heterocycles. The van der Waals surface area contributed by atoms with Crippen LogP contribution in [-0.2, 0) is 18.0 Å². The number of aryl methyl sites for hydroxylation is 4.